The van der Waals surface area contributed by atoms with Gasteiger partial charge >= 0.3 is 11.7 Å². The lowest BCUT2D eigenvalue weighted by Crippen LogP contribution is -2.31. The number of rotatable bonds is 3. The second-order valence-electron chi connectivity index (χ2n) is 4.17. The van der Waals surface area contributed by atoms with Crippen LogP contribution in [-0.4, -0.2) is 22.6 Å². The molecule has 0 amide bonds. The Bertz CT molecular complexity index is 811. The molecular weight excluding hydrogens is 286 g/mol. The van der Waals surface area contributed by atoms with Crippen LogP contribution < -0.4 is 11.2 Å². The summed E-state index contributed by atoms with van der Waals surface area (Å²) in [5, 5.41) is 0. The first-order chi connectivity index (χ1) is 9.92. The molecule has 6 nitrogen and oxygen atoms in total. The Morgan fingerprint density at radius 2 is 2.00 bits per heavy atom. The number of carbonyl (C=O) groups excluding carboxylic acids is 1. The summed E-state index contributed by atoms with van der Waals surface area (Å²) in [7, 11) is 1.12. The predicted molar refractivity (Wildman–Crippen MR) is 68.1 cm³/mol. The van der Waals surface area contributed by atoms with Gasteiger partial charge in [-0.15, -0.1) is 0 Å². The molecule has 0 atom stereocenters. The van der Waals surface area contributed by atoms with Gasteiger partial charge in [-0.05, 0) is 17.7 Å². The van der Waals surface area contributed by atoms with Gasteiger partial charge < -0.3 is 4.74 Å². The lowest BCUT2D eigenvalue weighted by Gasteiger charge is -2.07. The first-order valence-corrected chi connectivity index (χ1v) is 5.78. The summed E-state index contributed by atoms with van der Waals surface area (Å²) >= 11 is 0. The number of nitrogens with zero attached hydrogens (tertiary/aromatic N) is 1. The Hall–Kier alpha value is -2.77. The molecule has 0 aliphatic heterocycles. The number of aromatic nitrogens is 2. The van der Waals surface area contributed by atoms with Crippen LogP contribution in [-0.2, 0) is 11.3 Å². The van der Waals surface area contributed by atoms with Crippen LogP contribution in [0.4, 0.5) is 8.78 Å². The molecule has 0 saturated carbocycles. The van der Waals surface area contributed by atoms with Crippen LogP contribution in [0.5, 0.6) is 0 Å². The van der Waals surface area contributed by atoms with E-state index in [9.17, 15) is 23.2 Å². The minimum absolute atomic E-state index is 0.162. The first-order valence-electron chi connectivity index (χ1n) is 5.78. The number of aromatic amines is 1. The zero-order chi connectivity index (χ0) is 15.6. The highest BCUT2D eigenvalue weighted by Crippen LogP contribution is 2.12. The van der Waals surface area contributed by atoms with Crippen molar-refractivity contribution in [2.75, 3.05) is 7.11 Å². The molecule has 0 saturated heterocycles. The van der Waals surface area contributed by atoms with Crippen LogP contribution >= 0.6 is 0 Å². The monoisotopic (exact) mass is 296 g/mol. The minimum atomic E-state index is -1.12. The normalized spacial score (nSPS) is 10.4. The molecule has 8 heteroatoms. The van der Waals surface area contributed by atoms with Gasteiger partial charge in [-0.2, -0.15) is 4.39 Å². The van der Waals surface area contributed by atoms with E-state index in [2.05, 4.69) is 4.74 Å². The van der Waals surface area contributed by atoms with E-state index in [1.807, 2.05) is 0 Å². The van der Waals surface area contributed by atoms with Crippen LogP contribution in [0, 0.1) is 11.6 Å². The molecule has 0 spiro atoms. The molecular formula is C13H10F2N2O4. The third-order valence-electron chi connectivity index (χ3n) is 2.76. The third kappa shape index (κ3) is 3.04. The van der Waals surface area contributed by atoms with Crippen LogP contribution in [0.25, 0.3) is 0 Å². The largest absolute Gasteiger partial charge is 0.465 e. The Morgan fingerprint density at radius 3 is 2.62 bits per heavy atom. The van der Waals surface area contributed by atoms with E-state index in [0.717, 1.165) is 23.9 Å². The molecule has 0 aliphatic carbocycles. The summed E-state index contributed by atoms with van der Waals surface area (Å²) < 4.78 is 32.1. The van der Waals surface area contributed by atoms with E-state index in [4.69, 9.17) is 0 Å². The minimum Gasteiger partial charge on any atom is -0.465 e. The highest BCUT2D eigenvalue weighted by Gasteiger charge is 2.13. The molecule has 110 valence electrons. The number of ether oxygens (including phenoxy) is 1. The molecule has 0 bridgehead atoms. The van der Waals surface area contributed by atoms with Gasteiger partial charge in [0.15, 0.2) is 0 Å². The van der Waals surface area contributed by atoms with Crippen LogP contribution in [0.1, 0.15) is 15.9 Å². The molecule has 2 rings (SSSR count). The Balaban J connectivity index is 2.35. The summed E-state index contributed by atoms with van der Waals surface area (Å²) in [4.78, 5) is 35.4. The van der Waals surface area contributed by atoms with E-state index < -0.39 is 28.9 Å². The highest BCUT2D eigenvalue weighted by atomic mass is 19.1. The predicted octanol–water partition coefficient (Wildman–Crippen LogP) is 0.650. The van der Waals surface area contributed by atoms with Gasteiger partial charge in [-0.1, -0.05) is 6.07 Å². The molecule has 1 aromatic heterocycles. The fourth-order valence-electron chi connectivity index (χ4n) is 1.73. The molecule has 0 radical (unpaired) electrons. The standard InChI is InChI=1S/C13H10F2N2O4/c1-21-12(19)8-3-2-7(4-9(8)14)5-17-6-10(15)11(18)16-13(17)20/h2-4,6H,5H2,1H3,(H,16,18,20). The van der Waals surface area contributed by atoms with Gasteiger partial charge in [-0.3, -0.25) is 14.3 Å². The van der Waals surface area contributed by atoms with E-state index in [1.54, 1.807) is 4.98 Å². The van der Waals surface area contributed by atoms with E-state index in [-0.39, 0.29) is 12.1 Å². The highest BCUT2D eigenvalue weighted by molar-refractivity contribution is 5.89. The summed E-state index contributed by atoms with van der Waals surface area (Å²) in [6, 6.07) is 3.62. The number of hydrogen-bond donors (Lipinski definition) is 1. The molecule has 2 aromatic rings. The van der Waals surface area contributed by atoms with Crippen LogP contribution in [0.15, 0.2) is 34.0 Å². The number of benzene rings is 1. The molecule has 0 aliphatic rings. The van der Waals surface area contributed by atoms with Crippen molar-refractivity contribution in [2.45, 2.75) is 6.54 Å². The van der Waals surface area contributed by atoms with Crippen molar-refractivity contribution >= 4 is 5.97 Å². The fourth-order valence-corrected chi connectivity index (χ4v) is 1.73. The average Bonchev–Trinajstić information content (AvgIpc) is 2.44. The lowest BCUT2D eigenvalue weighted by atomic mass is 10.1. The fraction of sp³-hybridized carbons (Fsp3) is 0.154. The summed E-state index contributed by atoms with van der Waals surface area (Å²) in [6.45, 7) is -0.162. The molecule has 0 fully saturated rings. The lowest BCUT2D eigenvalue weighted by molar-refractivity contribution is 0.0595. The number of carbonyl (C=O) groups is 1. The SMILES string of the molecule is COC(=O)c1ccc(Cn2cc(F)c(=O)[nH]c2=O)cc1F. The van der Waals surface area contributed by atoms with Crippen molar-refractivity contribution < 1.29 is 18.3 Å². The first kappa shape index (κ1) is 14.6. The zero-order valence-corrected chi connectivity index (χ0v) is 10.9. The summed E-state index contributed by atoms with van der Waals surface area (Å²) in [6.07, 6.45) is 0.729. The second-order valence-corrected chi connectivity index (χ2v) is 4.17. The van der Waals surface area contributed by atoms with Gasteiger partial charge in [0.2, 0.25) is 5.82 Å². The van der Waals surface area contributed by atoms with Crippen molar-refractivity contribution in [3.63, 3.8) is 0 Å². The maximum Gasteiger partial charge on any atom is 0.340 e. The molecule has 21 heavy (non-hydrogen) atoms. The van der Waals surface area contributed by atoms with Crippen molar-refractivity contribution in [3.05, 3.63) is 68.0 Å². The Morgan fingerprint density at radius 1 is 1.29 bits per heavy atom. The summed E-state index contributed by atoms with van der Waals surface area (Å²) in [5.74, 6) is -2.77. The van der Waals surface area contributed by atoms with Crippen LogP contribution in [0.3, 0.4) is 0 Å². The van der Waals surface area contributed by atoms with Gasteiger partial charge in [-0.25, -0.2) is 14.0 Å². The summed E-state index contributed by atoms with van der Waals surface area (Å²) in [5.41, 5.74) is -1.88. The topological polar surface area (TPSA) is 81.2 Å². The second kappa shape index (κ2) is 5.70. The maximum absolute atomic E-state index is 13.7. The maximum atomic E-state index is 13.7. The molecule has 1 heterocycles. The number of hydrogen-bond acceptors (Lipinski definition) is 4. The number of nitrogens with one attached hydrogen (secondary N) is 1. The number of halogens is 2. The van der Waals surface area contributed by atoms with Crippen molar-refractivity contribution in [1.82, 2.24) is 9.55 Å². The number of methoxy groups -OCH3 is 1. The quantitative estimate of drug-likeness (QED) is 0.843. The van der Waals surface area contributed by atoms with E-state index in [1.165, 1.54) is 12.1 Å². The molecule has 1 N–H and O–H groups in total. The number of esters is 1. The van der Waals surface area contributed by atoms with E-state index >= 15 is 0 Å². The Labute approximate surface area is 116 Å². The smallest absolute Gasteiger partial charge is 0.340 e. The van der Waals surface area contributed by atoms with Gasteiger partial charge in [0.25, 0.3) is 5.56 Å². The average molecular weight is 296 g/mol. The molecule has 1 aromatic carbocycles. The number of H-pyrrole nitrogens is 1. The van der Waals surface area contributed by atoms with Gasteiger partial charge in [0.1, 0.15) is 5.82 Å². The van der Waals surface area contributed by atoms with Gasteiger partial charge in [0.05, 0.1) is 25.4 Å². The zero-order valence-electron chi connectivity index (χ0n) is 10.9. The van der Waals surface area contributed by atoms with Crippen molar-refractivity contribution in [1.29, 1.82) is 0 Å². The van der Waals surface area contributed by atoms with Crippen molar-refractivity contribution in [2.24, 2.45) is 0 Å². The Kier molecular flexibility index (Phi) is 3.97. The van der Waals surface area contributed by atoms with Gasteiger partial charge in [0, 0.05) is 0 Å². The third-order valence-corrected chi connectivity index (χ3v) is 2.76. The molecule has 0 unspecified atom stereocenters. The van der Waals surface area contributed by atoms with Crippen LogP contribution in [0.2, 0.25) is 0 Å². The van der Waals surface area contributed by atoms with E-state index in [0.29, 0.717) is 5.56 Å². The van der Waals surface area contributed by atoms with Crippen molar-refractivity contribution in [3.8, 4) is 0 Å².